The molecule has 0 spiro atoms. The number of nitrogens with zero attached hydrogens (tertiary/aromatic N) is 3. The van der Waals surface area contributed by atoms with Gasteiger partial charge in [-0.2, -0.15) is 4.98 Å². The van der Waals surface area contributed by atoms with Crippen LogP contribution in [-0.4, -0.2) is 34.6 Å². The summed E-state index contributed by atoms with van der Waals surface area (Å²) < 4.78 is 4.95. The molecule has 1 aromatic heterocycles. The minimum atomic E-state index is -0.879. The Morgan fingerprint density at radius 1 is 1.48 bits per heavy atom. The van der Waals surface area contributed by atoms with Crippen molar-refractivity contribution in [3.05, 3.63) is 11.5 Å². The number of carbonyl (C=O) groups excluding carboxylic acids is 1. The van der Waals surface area contributed by atoms with E-state index in [1.807, 2.05) is 18.7 Å². The number of aromatic nitrogens is 2. The third-order valence-electron chi connectivity index (χ3n) is 3.97. The Morgan fingerprint density at radius 3 is 2.67 bits per heavy atom. The van der Waals surface area contributed by atoms with E-state index in [1.54, 1.807) is 0 Å². The molecule has 0 aromatic carbocycles. The molecule has 21 heavy (non-hydrogen) atoms. The lowest BCUT2D eigenvalue weighted by Gasteiger charge is -2.41. The second-order valence-corrected chi connectivity index (χ2v) is 6.11. The highest BCUT2D eigenvalue weighted by Gasteiger charge is 2.42. The number of hydrogen-bond donors (Lipinski definition) is 1. The molecule has 0 aliphatic heterocycles. The van der Waals surface area contributed by atoms with Gasteiger partial charge >= 0.3 is 5.97 Å². The van der Waals surface area contributed by atoms with Crippen LogP contribution in [0.15, 0.2) is 6.20 Å². The zero-order chi connectivity index (χ0) is 15.6. The molecule has 0 unspecified atom stereocenters. The van der Waals surface area contributed by atoms with Gasteiger partial charge in [-0.1, -0.05) is 12.8 Å². The molecule has 0 atom stereocenters. The number of anilines is 2. The minimum Gasteiger partial charge on any atom is -0.467 e. The lowest BCUT2D eigenvalue weighted by molar-refractivity contribution is -0.146. The normalized spacial score (nSPS) is 16.0. The highest BCUT2D eigenvalue weighted by atomic mass is 35.5. The number of ether oxygens (including phenoxy) is 1. The predicted octanol–water partition coefficient (Wildman–Crippen LogP) is 2.41. The van der Waals surface area contributed by atoms with Gasteiger partial charge in [0.25, 0.3) is 0 Å². The monoisotopic (exact) mass is 312 g/mol. The first-order chi connectivity index (χ1) is 9.87. The molecule has 6 nitrogen and oxygen atoms in total. The first-order valence-corrected chi connectivity index (χ1v) is 7.41. The Kier molecular flexibility index (Phi) is 4.56. The van der Waals surface area contributed by atoms with E-state index in [-0.39, 0.29) is 17.3 Å². The number of halogens is 1. The Morgan fingerprint density at radius 2 is 2.10 bits per heavy atom. The smallest absolute Gasteiger partial charge is 0.331 e. The van der Waals surface area contributed by atoms with E-state index in [1.165, 1.54) is 13.3 Å². The van der Waals surface area contributed by atoms with Crippen molar-refractivity contribution in [2.45, 2.75) is 51.1 Å². The van der Waals surface area contributed by atoms with E-state index >= 15 is 0 Å². The summed E-state index contributed by atoms with van der Waals surface area (Å²) in [6, 6.07) is 0.187. The summed E-state index contributed by atoms with van der Waals surface area (Å²) in [5.41, 5.74) is 5.55. The third kappa shape index (κ3) is 3.05. The van der Waals surface area contributed by atoms with Gasteiger partial charge in [0.1, 0.15) is 5.54 Å². The summed E-state index contributed by atoms with van der Waals surface area (Å²) in [6.45, 7) is 3.62. The van der Waals surface area contributed by atoms with Crippen LogP contribution in [0.5, 0.6) is 0 Å². The second-order valence-electron chi connectivity index (χ2n) is 5.78. The van der Waals surface area contributed by atoms with Crippen LogP contribution in [0.1, 0.15) is 39.5 Å². The summed E-state index contributed by atoms with van der Waals surface area (Å²) in [7, 11) is 1.38. The number of esters is 1. The lowest BCUT2D eigenvalue weighted by Crippen LogP contribution is -2.55. The molecule has 1 aliphatic carbocycles. The Bertz CT molecular complexity index is 530. The zero-order valence-electron chi connectivity index (χ0n) is 12.6. The van der Waals surface area contributed by atoms with E-state index in [0.29, 0.717) is 11.5 Å². The van der Waals surface area contributed by atoms with Crippen molar-refractivity contribution in [3.63, 3.8) is 0 Å². The number of nitrogen functional groups attached to an aromatic ring is 1. The maximum atomic E-state index is 12.2. The van der Waals surface area contributed by atoms with Crippen LogP contribution in [0.25, 0.3) is 0 Å². The van der Waals surface area contributed by atoms with Crippen LogP contribution in [-0.2, 0) is 9.53 Å². The third-order valence-corrected chi connectivity index (χ3v) is 4.15. The van der Waals surface area contributed by atoms with E-state index in [2.05, 4.69) is 9.97 Å². The number of carbonyl (C=O) groups is 1. The quantitative estimate of drug-likeness (QED) is 0.679. The average molecular weight is 313 g/mol. The van der Waals surface area contributed by atoms with Crippen LogP contribution >= 0.6 is 11.6 Å². The van der Waals surface area contributed by atoms with Gasteiger partial charge in [-0.3, -0.25) is 0 Å². The highest BCUT2D eigenvalue weighted by molar-refractivity contribution is 6.28. The molecule has 1 aliphatic rings. The molecule has 2 rings (SSSR count). The van der Waals surface area contributed by atoms with Gasteiger partial charge in [0.2, 0.25) is 5.28 Å². The highest BCUT2D eigenvalue weighted by Crippen LogP contribution is 2.36. The van der Waals surface area contributed by atoms with E-state index in [9.17, 15) is 4.79 Å². The average Bonchev–Trinajstić information content (AvgIpc) is 2.95. The fourth-order valence-corrected chi connectivity index (χ4v) is 3.09. The molecule has 0 saturated heterocycles. The molecule has 116 valence electrons. The van der Waals surface area contributed by atoms with Crippen LogP contribution in [0, 0.1) is 0 Å². The second kappa shape index (κ2) is 6.05. The van der Waals surface area contributed by atoms with E-state index < -0.39 is 5.54 Å². The molecule has 2 N–H and O–H groups in total. The molecule has 0 amide bonds. The number of hydrogen-bond acceptors (Lipinski definition) is 6. The van der Waals surface area contributed by atoms with Crippen molar-refractivity contribution in [1.29, 1.82) is 0 Å². The van der Waals surface area contributed by atoms with Crippen molar-refractivity contribution in [2.75, 3.05) is 17.7 Å². The molecular formula is C14H21ClN4O2. The number of rotatable bonds is 4. The molecule has 1 saturated carbocycles. The van der Waals surface area contributed by atoms with Gasteiger partial charge < -0.3 is 15.4 Å². The van der Waals surface area contributed by atoms with E-state index in [4.69, 9.17) is 22.1 Å². The first kappa shape index (κ1) is 15.8. The molecular weight excluding hydrogens is 292 g/mol. The fraction of sp³-hybridized carbons (Fsp3) is 0.643. The summed E-state index contributed by atoms with van der Waals surface area (Å²) in [6.07, 6.45) is 5.69. The SMILES string of the molecule is COC(=O)C(C)(C)N(c1nc(Cl)ncc1N)C1CCCC1. The standard InChI is InChI=1S/C14H21ClN4O2/c1-14(2,12(20)21-3)19(9-6-4-5-7-9)11-10(16)8-17-13(15)18-11/h8-9H,4-7,16H2,1-3H3. The van der Waals surface area contributed by atoms with Crippen molar-refractivity contribution >= 4 is 29.1 Å². The molecule has 7 heteroatoms. The van der Waals surface area contributed by atoms with Crippen LogP contribution in [0.4, 0.5) is 11.5 Å². The van der Waals surface area contributed by atoms with Crippen molar-refractivity contribution < 1.29 is 9.53 Å². The van der Waals surface area contributed by atoms with E-state index in [0.717, 1.165) is 25.7 Å². The summed E-state index contributed by atoms with van der Waals surface area (Å²) in [5, 5.41) is 0.114. The number of nitrogens with two attached hydrogens (primary N) is 1. The van der Waals surface area contributed by atoms with Crippen LogP contribution < -0.4 is 10.6 Å². The van der Waals surface area contributed by atoms with Gasteiger partial charge in [-0.15, -0.1) is 0 Å². The largest absolute Gasteiger partial charge is 0.467 e. The summed E-state index contributed by atoms with van der Waals surface area (Å²) >= 11 is 5.91. The topological polar surface area (TPSA) is 81.3 Å². The van der Waals surface area contributed by atoms with Gasteiger partial charge in [0.05, 0.1) is 19.0 Å². The number of methoxy groups -OCH3 is 1. The molecule has 1 fully saturated rings. The van der Waals surface area contributed by atoms with Crippen molar-refractivity contribution in [1.82, 2.24) is 9.97 Å². The van der Waals surface area contributed by atoms with Crippen molar-refractivity contribution in [3.8, 4) is 0 Å². The van der Waals surface area contributed by atoms with Crippen LogP contribution in [0.2, 0.25) is 5.28 Å². The summed E-state index contributed by atoms with van der Waals surface area (Å²) in [4.78, 5) is 22.3. The molecule has 1 heterocycles. The summed E-state index contributed by atoms with van der Waals surface area (Å²) in [5.74, 6) is 0.167. The van der Waals surface area contributed by atoms with Crippen molar-refractivity contribution in [2.24, 2.45) is 0 Å². The Labute approximate surface area is 129 Å². The zero-order valence-corrected chi connectivity index (χ0v) is 13.4. The fourth-order valence-electron chi connectivity index (χ4n) is 2.96. The van der Waals surface area contributed by atoms with Crippen LogP contribution in [0.3, 0.4) is 0 Å². The molecule has 0 bridgehead atoms. The first-order valence-electron chi connectivity index (χ1n) is 7.03. The van der Waals surface area contributed by atoms with Gasteiger partial charge in [0, 0.05) is 6.04 Å². The predicted molar refractivity (Wildman–Crippen MR) is 82.3 cm³/mol. The lowest BCUT2D eigenvalue weighted by atomic mass is 9.99. The van der Waals surface area contributed by atoms with Gasteiger partial charge in [-0.05, 0) is 38.3 Å². The van der Waals surface area contributed by atoms with Gasteiger partial charge in [0.15, 0.2) is 5.82 Å². The minimum absolute atomic E-state index is 0.114. The Hall–Kier alpha value is -1.56. The molecule has 1 aromatic rings. The molecule has 0 radical (unpaired) electrons. The van der Waals surface area contributed by atoms with Gasteiger partial charge in [-0.25, -0.2) is 9.78 Å². The maximum absolute atomic E-state index is 12.2. The Balaban J connectivity index is 2.50. The maximum Gasteiger partial charge on any atom is 0.331 e.